The Hall–Kier alpha value is -2.08. The van der Waals surface area contributed by atoms with Crippen LogP contribution in [-0.2, 0) is 19.0 Å². The molecule has 0 aromatic carbocycles. The molecule has 0 saturated carbocycles. The SMILES string of the molecule is CCCCCCCOC(OC=O)[C@@H]1O[C@@H](n2cnc3c(N)nc(Cl)nc32)[C@@H](F)[C@@H]1O. The van der Waals surface area contributed by atoms with Crippen LogP contribution in [0.1, 0.15) is 45.3 Å². The van der Waals surface area contributed by atoms with Gasteiger partial charge in [0.05, 0.1) is 12.9 Å². The number of halogens is 2. The summed E-state index contributed by atoms with van der Waals surface area (Å²) in [6.07, 6.45) is -1.00. The number of hydrogen-bond acceptors (Lipinski definition) is 9. The van der Waals surface area contributed by atoms with E-state index in [1.54, 1.807) is 0 Å². The van der Waals surface area contributed by atoms with Crippen molar-refractivity contribution < 1.29 is 28.5 Å². The van der Waals surface area contributed by atoms with Crippen LogP contribution >= 0.6 is 11.6 Å². The van der Waals surface area contributed by atoms with E-state index in [1.807, 2.05) is 0 Å². The Morgan fingerprint density at radius 1 is 1.40 bits per heavy atom. The Kier molecular flexibility index (Phi) is 7.75. The van der Waals surface area contributed by atoms with Crippen LogP contribution in [0, 0.1) is 0 Å². The molecule has 1 aliphatic rings. The second-order valence-electron chi connectivity index (χ2n) is 7.01. The van der Waals surface area contributed by atoms with E-state index >= 15 is 0 Å². The Balaban J connectivity index is 1.72. The molecule has 0 bridgehead atoms. The number of aliphatic hydroxyl groups is 1. The van der Waals surface area contributed by atoms with E-state index < -0.39 is 30.9 Å². The molecule has 5 atom stereocenters. The molecule has 3 rings (SSSR count). The predicted molar refractivity (Wildman–Crippen MR) is 105 cm³/mol. The van der Waals surface area contributed by atoms with Gasteiger partial charge in [0.15, 0.2) is 30.0 Å². The van der Waals surface area contributed by atoms with E-state index in [-0.39, 0.29) is 35.3 Å². The Bertz CT molecular complexity index is 856. The number of aromatic nitrogens is 4. The molecule has 0 spiro atoms. The number of carbonyl (C=O) groups is 1. The number of alkyl halides is 1. The first-order valence-corrected chi connectivity index (χ1v) is 10.2. The fraction of sp³-hybridized carbons (Fsp3) is 0.667. The second-order valence-corrected chi connectivity index (χ2v) is 7.35. The van der Waals surface area contributed by atoms with Crippen molar-refractivity contribution in [2.24, 2.45) is 0 Å². The van der Waals surface area contributed by atoms with Gasteiger partial charge >= 0.3 is 0 Å². The van der Waals surface area contributed by atoms with Crippen molar-refractivity contribution in [3.8, 4) is 0 Å². The van der Waals surface area contributed by atoms with Crippen LogP contribution in [-0.4, -0.2) is 62.4 Å². The molecular weight excluding hydrogens is 421 g/mol. The number of rotatable bonds is 11. The van der Waals surface area contributed by atoms with Gasteiger partial charge in [0.2, 0.25) is 11.6 Å². The summed E-state index contributed by atoms with van der Waals surface area (Å²) >= 11 is 5.84. The Morgan fingerprint density at radius 2 is 2.17 bits per heavy atom. The fourth-order valence-corrected chi connectivity index (χ4v) is 3.55. The van der Waals surface area contributed by atoms with Crippen LogP contribution in [0.15, 0.2) is 6.33 Å². The predicted octanol–water partition coefficient (Wildman–Crippen LogP) is 2.14. The highest BCUT2D eigenvalue weighted by Crippen LogP contribution is 2.36. The van der Waals surface area contributed by atoms with E-state index in [2.05, 4.69) is 21.9 Å². The third-order valence-electron chi connectivity index (χ3n) is 4.92. The zero-order valence-electron chi connectivity index (χ0n) is 16.5. The molecule has 0 amide bonds. The smallest absolute Gasteiger partial charge is 0.295 e. The summed E-state index contributed by atoms with van der Waals surface area (Å²) in [6, 6.07) is 0. The van der Waals surface area contributed by atoms with Gasteiger partial charge in [-0.05, 0) is 18.0 Å². The maximum atomic E-state index is 14.9. The van der Waals surface area contributed by atoms with Crippen LogP contribution in [0.25, 0.3) is 11.2 Å². The molecule has 3 N–H and O–H groups in total. The lowest BCUT2D eigenvalue weighted by Crippen LogP contribution is -2.40. The molecule has 0 aliphatic carbocycles. The molecule has 1 unspecified atom stereocenters. The first kappa shape index (κ1) is 22.6. The zero-order valence-corrected chi connectivity index (χ0v) is 17.2. The van der Waals surface area contributed by atoms with Crippen LogP contribution < -0.4 is 5.73 Å². The average molecular weight is 446 g/mol. The average Bonchev–Trinajstić information content (AvgIpc) is 3.25. The van der Waals surface area contributed by atoms with E-state index in [4.69, 9.17) is 31.5 Å². The monoisotopic (exact) mass is 445 g/mol. The number of fused-ring (bicyclic) bond motifs is 1. The third-order valence-corrected chi connectivity index (χ3v) is 5.08. The van der Waals surface area contributed by atoms with E-state index in [9.17, 15) is 14.3 Å². The van der Waals surface area contributed by atoms with Crippen LogP contribution in [0.3, 0.4) is 0 Å². The number of nitrogens with zero attached hydrogens (tertiary/aromatic N) is 4. The molecule has 0 radical (unpaired) electrons. The summed E-state index contributed by atoms with van der Waals surface area (Å²) in [6.45, 7) is 2.58. The van der Waals surface area contributed by atoms with E-state index in [1.165, 1.54) is 10.9 Å². The number of ether oxygens (including phenoxy) is 3. The molecule has 30 heavy (non-hydrogen) atoms. The summed E-state index contributed by atoms with van der Waals surface area (Å²) in [7, 11) is 0. The standard InChI is InChI=1S/C18H25ClFN5O5/c1-2-3-4-5-6-7-28-17(29-9-26)13-12(27)10(20)16(30-13)25-8-22-11-14(21)23-18(19)24-15(11)25/h8-10,12-13,16-17,27H,2-7H2,1H3,(H2,21,23,24)/t10-,12-,13+,16+,17?/m0/s1. The third kappa shape index (κ3) is 4.80. The van der Waals surface area contributed by atoms with Crippen molar-refractivity contribution >= 4 is 35.1 Å². The van der Waals surface area contributed by atoms with Gasteiger partial charge in [-0.25, -0.2) is 9.37 Å². The number of unbranched alkanes of at least 4 members (excludes halogenated alkanes) is 4. The van der Waals surface area contributed by atoms with Crippen LogP contribution in [0.2, 0.25) is 5.28 Å². The molecule has 1 saturated heterocycles. The molecular formula is C18H25ClFN5O5. The first-order valence-electron chi connectivity index (χ1n) is 9.81. The maximum Gasteiger partial charge on any atom is 0.295 e. The normalized spacial score (nSPS) is 24.9. The van der Waals surface area contributed by atoms with Crippen molar-refractivity contribution in [2.75, 3.05) is 12.3 Å². The number of hydrogen-bond donors (Lipinski definition) is 2. The lowest BCUT2D eigenvalue weighted by Gasteiger charge is -2.24. The van der Waals surface area contributed by atoms with Gasteiger partial charge < -0.3 is 25.1 Å². The number of anilines is 1. The summed E-state index contributed by atoms with van der Waals surface area (Å²) in [4.78, 5) is 22.8. The molecule has 12 heteroatoms. The lowest BCUT2D eigenvalue weighted by molar-refractivity contribution is -0.211. The van der Waals surface area contributed by atoms with Gasteiger partial charge in [0.1, 0.15) is 11.6 Å². The summed E-state index contributed by atoms with van der Waals surface area (Å²) in [5, 5.41) is 10.2. The quantitative estimate of drug-likeness (QED) is 0.231. The van der Waals surface area contributed by atoms with Crippen LogP contribution in [0.5, 0.6) is 0 Å². The first-order chi connectivity index (χ1) is 14.5. The summed E-state index contributed by atoms with van der Waals surface area (Å²) < 4.78 is 32.3. The van der Waals surface area contributed by atoms with Crippen molar-refractivity contribution in [2.45, 2.75) is 69.9 Å². The molecule has 1 aliphatic heterocycles. The van der Waals surface area contributed by atoms with E-state index in [0.717, 1.165) is 32.1 Å². The molecule has 3 heterocycles. The minimum atomic E-state index is -1.87. The highest BCUT2D eigenvalue weighted by Gasteiger charge is 2.50. The summed E-state index contributed by atoms with van der Waals surface area (Å²) in [5.41, 5.74) is 6.14. The van der Waals surface area contributed by atoms with Crippen LogP contribution in [0.4, 0.5) is 10.2 Å². The lowest BCUT2D eigenvalue weighted by atomic mass is 10.1. The number of carbonyl (C=O) groups excluding carboxylic acids is 1. The number of aliphatic hydroxyl groups excluding tert-OH is 1. The number of nitrogen functional groups attached to an aromatic ring is 1. The molecule has 1 fully saturated rings. The minimum absolute atomic E-state index is 0.0304. The highest BCUT2D eigenvalue weighted by atomic mass is 35.5. The summed E-state index contributed by atoms with van der Waals surface area (Å²) in [5.74, 6) is 0.0304. The van der Waals surface area contributed by atoms with Gasteiger partial charge in [0.25, 0.3) is 6.47 Å². The largest absolute Gasteiger partial charge is 0.435 e. The molecule has 166 valence electrons. The van der Waals surface area contributed by atoms with Gasteiger partial charge in [-0.2, -0.15) is 9.97 Å². The highest BCUT2D eigenvalue weighted by molar-refractivity contribution is 6.28. The topological polar surface area (TPSA) is 135 Å². The maximum absolute atomic E-state index is 14.9. The fourth-order valence-electron chi connectivity index (χ4n) is 3.38. The Morgan fingerprint density at radius 3 is 2.90 bits per heavy atom. The van der Waals surface area contributed by atoms with E-state index in [0.29, 0.717) is 0 Å². The Labute approximate surface area is 177 Å². The van der Waals surface area contributed by atoms with Crippen molar-refractivity contribution in [1.82, 2.24) is 19.5 Å². The minimum Gasteiger partial charge on any atom is -0.435 e. The van der Waals surface area contributed by atoms with Gasteiger partial charge in [-0.15, -0.1) is 0 Å². The van der Waals surface area contributed by atoms with Gasteiger partial charge in [-0.3, -0.25) is 9.36 Å². The number of nitrogens with two attached hydrogens (primary N) is 1. The van der Waals surface area contributed by atoms with Gasteiger partial charge in [-0.1, -0.05) is 32.6 Å². The molecule has 2 aromatic heterocycles. The van der Waals surface area contributed by atoms with Gasteiger partial charge in [0, 0.05) is 0 Å². The van der Waals surface area contributed by atoms with Crippen molar-refractivity contribution in [3.63, 3.8) is 0 Å². The second kappa shape index (κ2) is 10.3. The molecule has 2 aromatic rings. The zero-order chi connectivity index (χ0) is 21.7. The molecule has 10 nitrogen and oxygen atoms in total. The van der Waals surface area contributed by atoms with Crippen molar-refractivity contribution in [3.05, 3.63) is 11.6 Å². The number of imidazole rings is 1. The van der Waals surface area contributed by atoms with Crippen molar-refractivity contribution in [1.29, 1.82) is 0 Å².